The number of nitrogens with zero attached hydrogens (tertiary/aromatic N) is 2. The van der Waals surface area contributed by atoms with E-state index in [4.69, 9.17) is 9.26 Å². The lowest BCUT2D eigenvalue weighted by atomic mass is 10.2. The van der Waals surface area contributed by atoms with Crippen molar-refractivity contribution in [3.05, 3.63) is 35.7 Å². The zero-order valence-corrected chi connectivity index (χ0v) is 15.9. The number of carbonyl (C=O) groups excluding carboxylic acids is 2. The molecule has 26 heavy (non-hydrogen) atoms. The smallest absolute Gasteiger partial charge is 0.302 e. The fourth-order valence-corrected chi connectivity index (χ4v) is 4.22. The first-order valence-electron chi connectivity index (χ1n) is 7.88. The maximum atomic E-state index is 12.1. The van der Waals surface area contributed by atoms with Crippen LogP contribution in [0.2, 0.25) is 0 Å². The number of nitrogens with one attached hydrogen (secondary N) is 1. The third kappa shape index (κ3) is 5.06. The summed E-state index contributed by atoms with van der Waals surface area (Å²) in [6.07, 6.45) is 0.138. The number of anilines is 1. The monoisotopic (exact) mass is 391 g/mol. The average molecular weight is 391 g/mol. The predicted octanol–water partition coefficient (Wildman–Crippen LogP) is 3.43. The highest BCUT2D eigenvalue weighted by Crippen LogP contribution is 2.31. The predicted molar refractivity (Wildman–Crippen MR) is 101 cm³/mol. The average Bonchev–Trinajstić information content (AvgIpc) is 3.16. The molecule has 0 aliphatic carbocycles. The summed E-state index contributed by atoms with van der Waals surface area (Å²) in [6, 6.07) is 7.33. The maximum Gasteiger partial charge on any atom is 0.302 e. The summed E-state index contributed by atoms with van der Waals surface area (Å²) in [7, 11) is 0. The molecule has 2 heterocycles. The summed E-state index contributed by atoms with van der Waals surface area (Å²) >= 11 is 3.07. The van der Waals surface area contributed by atoms with Crippen LogP contribution in [-0.2, 0) is 20.7 Å². The number of esters is 1. The van der Waals surface area contributed by atoms with Crippen LogP contribution in [0.5, 0.6) is 0 Å². The highest BCUT2D eigenvalue weighted by Gasteiger charge is 2.10. The quantitative estimate of drug-likeness (QED) is 0.374. The number of carbonyl (C=O) groups is 2. The van der Waals surface area contributed by atoms with Crippen LogP contribution in [0.3, 0.4) is 0 Å². The van der Waals surface area contributed by atoms with Crippen molar-refractivity contribution in [3.63, 3.8) is 0 Å². The molecule has 0 fully saturated rings. The van der Waals surface area contributed by atoms with Gasteiger partial charge in [-0.05, 0) is 25.1 Å². The zero-order valence-electron chi connectivity index (χ0n) is 14.3. The van der Waals surface area contributed by atoms with E-state index in [1.165, 1.54) is 30.0 Å². The van der Waals surface area contributed by atoms with Gasteiger partial charge in [-0.25, -0.2) is 4.98 Å². The van der Waals surface area contributed by atoms with Gasteiger partial charge in [0.2, 0.25) is 5.91 Å². The van der Waals surface area contributed by atoms with E-state index in [-0.39, 0.29) is 18.3 Å². The highest BCUT2D eigenvalue weighted by molar-refractivity contribution is 8.01. The summed E-state index contributed by atoms with van der Waals surface area (Å²) in [5, 5.41) is 6.62. The van der Waals surface area contributed by atoms with E-state index in [0.29, 0.717) is 23.8 Å². The Kier molecular flexibility index (Phi) is 5.89. The number of aromatic nitrogens is 2. The molecule has 1 aromatic carbocycles. The summed E-state index contributed by atoms with van der Waals surface area (Å²) in [5.41, 5.74) is 2.32. The Labute approximate surface area is 158 Å². The molecule has 3 aromatic rings. The van der Waals surface area contributed by atoms with E-state index in [2.05, 4.69) is 15.5 Å². The van der Waals surface area contributed by atoms with Crippen LogP contribution in [0.1, 0.15) is 18.4 Å². The number of fused-ring (bicyclic) bond motifs is 1. The maximum absolute atomic E-state index is 12.1. The van der Waals surface area contributed by atoms with Crippen LogP contribution in [0.25, 0.3) is 10.2 Å². The van der Waals surface area contributed by atoms with Crippen LogP contribution in [-0.4, -0.2) is 34.4 Å². The van der Waals surface area contributed by atoms with Gasteiger partial charge in [-0.3, -0.25) is 9.59 Å². The fourth-order valence-electron chi connectivity index (χ4n) is 2.22. The Morgan fingerprint density at radius 2 is 2.19 bits per heavy atom. The summed E-state index contributed by atoms with van der Waals surface area (Å²) in [4.78, 5) is 27.4. The molecule has 9 heteroatoms. The first kappa shape index (κ1) is 18.4. The molecule has 1 amide bonds. The SMILES string of the molecule is CC(=O)OCCSc1nc2ccc(NC(=O)Cc3cc(C)no3)cc2s1. The zero-order chi connectivity index (χ0) is 18.5. The van der Waals surface area contributed by atoms with Gasteiger partial charge in [0.05, 0.1) is 22.3 Å². The Bertz CT molecular complexity index is 935. The van der Waals surface area contributed by atoms with E-state index in [1.54, 1.807) is 6.07 Å². The Morgan fingerprint density at radius 1 is 1.35 bits per heavy atom. The van der Waals surface area contributed by atoms with Crippen LogP contribution in [0.4, 0.5) is 5.69 Å². The van der Waals surface area contributed by atoms with E-state index in [9.17, 15) is 9.59 Å². The second-order valence-corrected chi connectivity index (χ2v) is 7.88. The first-order chi connectivity index (χ1) is 12.5. The fraction of sp³-hybridized carbons (Fsp3) is 0.294. The van der Waals surface area contributed by atoms with Gasteiger partial charge >= 0.3 is 5.97 Å². The molecule has 0 unspecified atom stereocenters. The third-order valence-corrected chi connectivity index (χ3v) is 5.40. The highest BCUT2D eigenvalue weighted by atomic mass is 32.2. The second-order valence-electron chi connectivity index (χ2n) is 5.51. The van der Waals surface area contributed by atoms with E-state index < -0.39 is 0 Å². The van der Waals surface area contributed by atoms with Crippen LogP contribution < -0.4 is 5.32 Å². The Hall–Kier alpha value is -2.39. The molecule has 0 saturated carbocycles. The van der Waals surface area contributed by atoms with E-state index in [1.807, 2.05) is 25.1 Å². The van der Waals surface area contributed by atoms with Crippen molar-refractivity contribution in [2.45, 2.75) is 24.6 Å². The minimum absolute atomic E-state index is 0.138. The number of hydrogen-bond donors (Lipinski definition) is 1. The van der Waals surface area contributed by atoms with Gasteiger partial charge in [0, 0.05) is 24.4 Å². The number of thioether (sulfide) groups is 1. The van der Waals surface area contributed by atoms with Crippen molar-refractivity contribution in [2.24, 2.45) is 0 Å². The van der Waals surface area contributed by atoms with Gasteiger partial charge in [-0.15, -0.1) is 11.3 Å². The van der Waals surface area contributed by atoms with Gasteiger partial charge in [0.15, 0.2) is 4.34 Å². The molecule has 0 aliphatic heterocycles. The lowest BCUT2D eigenvalue weighted by Gasteiger charge is -2.03. The molecule has 0 spiro atoms. The molecule has 0 aliphatic rings. The van der Waals surface area contributed by atoms with Crippen molar-refractivity contribution < 1.29 is 18.8 Å². The number of aryl methyl sites for hydroxylation is 1. The number of thiazole rings is 1. The summed E-state index contributed by atoms with van der Waals surface area (Å²) < 4.78 is 11.8. The van der Waals surface area contributed by atoms with Crippen LogP contribution in [0.15, 0.2) is 33.1 Å². The van der Waals surface area contributed by atoms with Gasteiger partial charge in [0.1, 0.15) is 12.4 Å². The van der Waals surface area contributed by atoms with Crippen molar-refractivity contribution in [2.75, 3.05) is 17.7 Å². The molecular formula is C17H17N3O4S2. The van der Waals surface area contributed by atoms with Crippen molar-refractivity contribution in [3.8, 4) is 0 Å². The molecule has 0 bridgehead atoms. The van der Waals surface area contributed by atoms with Crippen molar-refractivity contribution in [1.29, 1.82) is 0 Å². The topological polar surface area (TPSA) is 94.3 Å². The minimum atomic E-state index is -0.282. The third-order valence-electron chi connectivity index (χ3n) is 3.28. The number of benzene rings is 1. The lowest BCUT2D eigenvalue weighted by molar-refractivity contribution is -0.140. The molecular weight excluding hydrogens is 374 g/mol. The van der Waals surface area contributed by atoms with Crippen LogP contribution in [0, 0.1) is 6.92 Å². The summed E-state index contributed by atoms with van der Waals surface area (Å²) in [5.74, 6) is 0.738. The molecule has 0 radical (unpaired) electrons. The first-order valence-corrected chi connectivity index (χ1v) is 9.68. The van der Waals surface area contributed by atoms with Gasteiger partial charge in [0.25, 0.3) is 0 Å². The van der Waals surface area contributed by atoms with Crippen LogP contribution >= 0.6 is 23.1 Å². The molecule has 0 atom stereocenters. The van der Waals surface area contributed by atoms with Crippen molar-refractivity contribution >= 4 is 50.9 Å². The molecule has 3 rings (SSSR count). The molecule has 7 nitrogen and oxygen atoms in total. The van der Waals surface area contributed by atoms with E-state index >= 15 is 0 Å². The van der Waals surface area contributed by atoms with Gasteiger partial charge in [-0.1, -0.05) is 16.9 Å². The Morgan fingerprint density at radius 3 is 2.92 bits per heavy atom. The minimum Gasteiger partial charge on any atom is -0.465 e. The number of ether oxygens (including phenoxy) is 1. The number of amides is 1. The number of rotatable bonds is 7. The number of hydrogen-bond acceptors (Lipinski definition) is 8. The molecule has 2 aromatic heterocycles. The van der Waals surface area contributed by atoms with E-state index in [0.717, 1.165) is 20.3 Å². The van der Waals surface area contributed by atoms with Gasteiger partial charge < -0.3 is 14.6 Å². The molecule has 136 valence electrons. The summed E-state index contributed by atoms with van der Waals surface area (Å²) in [6.45, 7) is 3.56. The lowest BCUT2D eigenvalue weighted by Crippen LogP contribution is -2.13. The molecule has 1 N–H and O–H groups in total. The Balaban J connectivity index is 1.59. The standard InChI is InChI=1S/C17H17N3O4S2/c1-10-7-13(24-20-10)9-16(22)18-12-3-4-14-15(8-12)26-17(19-14)25-6-5-23-11(2)21/h3-4,7-8H,5-6,9H2,1-2H3,(H,18,22). The van der Waals surface area contributed by atoms with Crippen molar-refractivity contribution in [1.82, 2.24) is 10.1 Å². The van der Waals surface area contributed by atoms with Gasteiger partial charge in [-0.2, -0.15) is 0 Å². The molecule has 0 saturated heterocycles. The largest absolute Gasteiger partial charge is 0.465 e. The second kappa shape index (κ2) is 8.33. The normalized spacial score (nSPS) is 10.8.